The Labute approximate surface area is 248 Å². The first-order chi connectivity index (χ1) is 20.9. The normalized spacial score (nSPS) is 14.5. The van der Waals surface area contributed by atoms with Gasteiger partial charge in [0.2, 0.25) is 0 Å². The van der Waals surface area contributed by atoms with Crippen LogP contribution in [0.5, 0.6) is 0 Å². The van der Waals surface area contributed by atoms with E-state index in [4.69, 9.17) is 14.7 Å². The zero-order chi connectivity index (χ0) is 29.9. The first-order valence-electron chi connectivity index (χ1n) is 14.3. The molecule has 1 aliphatic rings. The average molecular weight is 577 g/mol. The molecule has 10 nitrogen and oxygen atoms in total. The molecule has 1 fully saturated rings. The van der Waals surface area contributed by atoms with Crippen LogP contribution in [-0.2, 0) is 9.53 Å². The fourth-order valence-corrected chi connectivity index (χ4v) is 5.25. The van der Waals surface area contributed by atoms with Crippen molar-refractivity contribution >= 4 is 46.3 Å². The van der Waals surface area contributed by atoms with Crippen LogP contribution in [-0.4, -0.2) is 68.9 Å². The number of para-hydroxylation sites is 1. The number of rotatable bonds is 8. The fraction of sp³-hybridized carbons (Fsp3) is 0.242. The van der Waals surface area contributed by atoms with Crippen molar-refractivity contribution in [3.05, 3.63) is 89.9 Å². The number of amides is 1. The summed E-state index contributed by atoms with van der Waals surface area (Å²) in [4.78, 5) is 36.5. The number of fused-ring (bicyclic) bond motifs is 2. The minimum Gasteiger partial charge on any atom is -0.480 e. The standard InChI is InChI=1S/C33H32N6O4/c1-21(2)29(33(41)42)37-32(40)24-9-7-23(8-10-24)30-27(14-13-25-12-11-22-5-3-4-6-26(22)35-25)36-31-28(15-16-34-39(30)31)38-17-19-43-20-18-38/h3-16,21,29H,17-20H2,1-2H3,(H,37,40)(H,41,42)/b14-13+/t29-/m0/s1. The second-order valence-electron chi connectivity index (χ2n) is 10.8. The van der Waals surface area contributed by atoms with Gasteiger partial charge in [-0.1, -0.05) is 50.2 Å². The lowest BCUT2D eigenvalue weighted by molar-refractivity contribution is -0.140. The van der Waals surface area contributed by atoms with E-state index >= 15 is 0 Å². The van der Waals surface area contributed by atoms with Gasteiger partial charge in [0.25, 0.3) is 5.91 Å². The predicted octanol–water partition coefficient (Wildman–Crippen LogP) is 4.79. The molecule has 0 spiro atoms. The third kappa shape index (κ3) is 5.82. The molecule has 1 atom stereocenters. The number of anilines is 1. The van der Waals surface area contributed by atoms with Crippen molar-refractivity contribution in [1.82, 2.24) is 24.9 Å². The largest absolute Gasteiger partial charge is 0.480 e. The van der Waals surface area contributed by atoms with Crippen LogP contribution in [0.15, 0.2) is 72.9 Å². The quantitative estimate of drug-likeness (QED) is 0.270. The van der Waals surface area contributed by atoms with E-state index in [-0.39, 0.29) is 5.92 Å². The van der Waals surface area contributed by atoms with Gasteiger partial charge in [-0.05, 0) is 48.4 Å². The summed E-state index contributed by atoms with van der Waals surface area (Å²) in [5.74, 6) is -1.76. The van der Waals surface area contributed by atoms with Gasteiger partial charge in [-0.3, -0.25) is 4.79 Å². The topological polar surface area (TPSA) is 122 Å². The van der Waals surface area contributed by atoms with E-state index in [1.807, 2.05) is 71.3 Å². The van der Waals surface area contributed by atoms with E-state index < -0.39 is 17.9 Å². The lowest BCUT2D eigenvalue weighted by Crippen LogP contribution is -2.44. The van der Waals surface area contributed by atoms with Gasteiger partial charge < -0.3 is 20.1 Å². The molecule has 0 bridgehead atoms. The van der Waals surface area contributed by atoms with E-state index in [2.05, 4.69) is 15.3 Å². The minimum atomic E-state index is -1.06. The summed E-state index contributed by atoms with van der Waals surface area (Å²) >= 11 is 0. The molecule has 1 aliphatic heterocycles. The number of nitrogens with one attached hydrogen (secondary N) is 1. The summed E-state index contributed by atoms with van der Waals surface area (Å²) < 4.78 is 7.39. The maximum Gasteiger partial charge on any atom is 0.326 e. The van der Waals surface area contributed by atoms with Crippen molar-refractivity contribution in [3.63, 3.8) is 0 Å². The van der Waals surface area contributed by atoms with Crippen molar-refractivity contribution in [2.75, 3.05) is 31.2 Å². The molecule has 218 valence electrons. The lowest BCUT2D eigenvalue weighted by atomic mass is 10.0. The summed E-state index contributed by atoms with van der Waals surface area (Å²) in [6.45, 7) is 6.31. The van der Waals surface area contributed by atoms with Crippen molar-refractivity contribution in [3.8, 4) is 11.3 Å². The van der Waals surface area contributed by atoms with Crippen LogP contribution in [0.3, 0.4) is 0 Å². The van der Waals surface area contributed by atoms with E-state index in [0.717, 1.165) is 46.6 Å². The number of carbonyl (C=O) groups excluding carboxylic acids is 1. The molecule has 4 heterocycles. The molecule has 0 radical (unpaired) electrons. The Morgan fingerprint density at radius 2 is 1.72 bits per heavy atom. The zero-order valence-electron chi connectivity index (χ0n) is 24.0. The number of carboxylic acids is 1. The number of carboxylic acid groups (broad SMARTS) is 1. The molecule has 0 aliphatic carbocycles. The molecule has 5 aromatic rings. The summed E-state index contributed by atoms with van der Waals surface area (Å²) in [5, 5.41) is 17.8. The van der Waals surface area contributed by atoms with E-state index in [0.29, 0.717) is 30.1 Å². The molecular weight excluding hydrogens is 544 g/mol. The van der Waals surface area contributed by atoms with Gasteiger partial charge in [0, 0.05) is 29.6 Å². The van der Waals surface area contributed by atoms with Crippen LogP contribution in [0.1, 0.15) is 35.6 Å². The molecule has 0 unspecified atom stereocenters. The van der Waals surface area contributed by atoms with Crippen LogP contribution in [0, 0.1) is 5.92 Å². The average Bonchev–Trinajstić information content (AvgIpc) is 3.41. The third-order valence-corrected chi connectivity index (χ3v) is 7.55. The molecule has 10 heteroatoms. The summed E-state index contributed by atoms with van der Waals surface area (Å²) in [5.41, 5.74) is 6.02. The number of hydrogen-bond donors (Lipinski definition) is 2. The van der Waals surface area contributed by atoms with Gasteiger partial charge in [0.15, 0.2) is 5.65 Å². The number of ether oxygens (including phenoxy) is 1. The Hall–Kier alpha value is -5.09. The number of hydrogen-bond acceptors (Lipinski definition) is 7. The molecule has 0 saturated carbocycles. The molecule has 43 heavy (non-hydrogen) atoms. The third-order valence-electron chi connectivity index (χ3n) is 7.55. The second kappa shape index (κ2) is 12.0. The summed E-state index contributed by atoms with van der Waals surface area (Å²) in [7, 11) is 0. The summed E-state index contributed by atoms with van der Waals surface area (Å²) in [6.07, 6.45) is 5.64. The highest BCUT2D eigenvalue weighted by molar-refractivity contribution is 5.97. The van der Waals surface area contributed by atoms with Gasteiger partial charge in [-0.15, -0.1) is 0 Å². The van der Waals surface area contributed by atoms with Gasteiger partial charge in [0.1, 0.15) is 11.7 Å². The predicted molar refractivity (Wildman–Crippen MR) is 166 cm³/mol. The number of aliphatic carboxylic acids is 1. The maximum absolute atomic E-state index is 12.9. The highest BCUT2D eigenvalue weighted by atomic mass is 16.5. The van der Waals surface area contributed by atoms with Crippen LogP contribution >= 0.6 is 0 Å². The lowest BCUT2D eigenvalue weighted by Gasteiger charge is -2.28. The molecule has 2 aromatic carbocycles. The number of nitrogens with zero attached hydrogens (tertiary/aromatic N) is 5. The molecular formula is C33H32N6O4. The molecule has 6 rings (SSSR count). The number of benzene rings is 2. The van der Waals surface area contributed by atoms with Gasteiger partial charge in [0.05, 0.1) is 42.0 Å². The molecule has 1 saturated heterocycles. The second-order valence-corrected chi connectivity index (χ2v) is 10.8. The van der Waals surface area contributed by atoms with Crippen molar-refractivity contribution < 1.29 is 19.4 Å². The Bertz CT molecular complexity index is 1820. The minimum absolute atomic E-state index is 0.253. The van der Waals surface area contributed by atoms with E-state index in [1.54, 1.807) is 32.2 Å². The Morgan fingerprint density at radius 1 is 0.953 bits per heavy atom. The van der Waals surface area contributed by atoms with Crippen molar-refractivity contribution in [2.45, 2.75) is 19.9 Å². The maximum atomic E-state index is 12.9. The van der Waals surface area contributed by atoms with Crippen molar-refractivity contribution in [1.29, 1.82) is 0 Å². The number of imidazole rings is 1. The Kier molecular flexibility index (Phi) is 7.84. The van der Waals surface area contributed by atoms with E-state index in [9.17, 15) is 14.7 Å². The van der Waals surface area contributed by atoms with Crippen LogP contribution in [0.25, 0.3) is 40.0 Å². The van der Waals surface area contributed by atoms with Gasteiger partial charge >= 0.3 is 5.97 Å². The van der Waals surface area contributed by atoms with Crippen molar-refractivity contribution in [2.24, 2.45) is 5.92 Å². The van der Waals surface area contributed by atoms with Gasteiger partial charge in [-0.25, -0.2) is 19.3 Å². The molecule has 1 amide bonds. The number of morpholine rings is 1. The van der Waals surface area contributed by atoms with Crippen LogP contribution < -0.4 is 10.2 Å². The Morgan fingerprint density at radius 3 is 2.47 bits per heavy atom. The SMILES string of the molecule is CC(C)[C@H](NC(=O)c1ccc(-c2c(/C=C/c3ccc4ccccc4n3)nc3c(N4CCOCC4)ccnn23)cc1)C(=O)O. The van der Waals surface area contributed by atoms with Crippen LogP contribution in [0.2, 0.25) is 0 Å². The highest BCUT2D eigenvalue weighted by Gasteiger charge is 2.25. The first kappa shape index (κ1) is 28.0. The monoisotopic (exact) mass is 576 g/mol. The van der Waals surface area contributed by atoms with E-state index in [1.165, 1.54) is 0 Å². The first-order valence-corrected chi connectivity index (χ1v) is 14.3. The molecule has 3 aromatic heterocycles. The van der Waals surface area contributed by atoms with Gasteiger partial charge in [-0.2, -0.15) is 5.10 Å². The highest BCUT2D eigenvalue weighted by Crippen LogP contribution is 2.31. The number of aromatic nitrogens is 4. The van der Waals surface area contributed by atoms with Crippen LogP contribution in [0.4, 0.5) is 5.69 Å². The fourth-order valence-electron chi connectivity index (χ4n) is 5.25. The number of pyridine rings is 1. The smallest absolute Gasteiger partial charge is 0.326 e. The summed E-state index contributed by atoms with van der Waals surface area (Å²) in [6, 6.07) is 20.0. The number of carbonyl (C=O) groups is 2. The Balaban J connectivity index is 1.40. The molecule has 2 N–H and O–H groups in total. The zero-order valence-corrected chi connectivity index (χ0v) is 24.0.